The fourth-order valence-electron chi connectivity index (χ4n) is 8.84. The molecule has 0 saturated heterocycles. The zero-order chi connectivity index (χ0) is 57.9. The summed E-state index contributed by atoms with van der Waals surface area (Å²) >= 11 is 0. The van der Waals surface area contributed by atoms with Gasteiger partial charge in [0.1, 0.15) is 19.3 Å². The predicted molar refractivity (Wildman–Crippen MR) is 339 cm³/mol. The Labute approximate surface area is 487 Å². The smallest absolute Gasteiger partial charge is 0.306 e. The van der Waals surface area contributed by atoms with Crippen molar-refractivity contribution in [2.24, 2.45) is 0 Å². The average Bonchev–Trinajstić information content (AvgIpc) is 3.41. The zero-order valence-electron chi connectivity index (χ0n) is 51.8. The molecule has 0 saturated carbocycles. The van der Waals surface area contributed by atoms with Crippen molar-refractivity contribution in [3.05, 3.63) is 109 Å². The molecule has 0 aromatic heterocycles. The summed E-state index contributed by atoms with van der Waals surface area (Å²) < 4.78 is 30.3. The van der Waals surface area contributed by atoms with Gasteiger partial charge in [-0.3, -0.25) is 14.2 Å². The van der Waals surface area contributed by atoms with Crippen molar-refractivity contribution in [3.63, 3.8) is 0 Å². The Bertz CT molecular complexity index is 1720. The van der Waals surface area contributed by atoms with Crippen LogP contribution in [0.4, 0.5) is 0 Å². The molecule has 3 atom stereocenters. The van der Waals surface area contributed by atoms with Gasteiger partial charge in [-0.2, -0.15) is 0 Å². The molecule has 454 valence electrons. The van der Waals surface area contributed by atoms with E-state index in [0.717, 1.165) is 116 Å². The summed E-state index contributed by atoms with van der Waals surface area (Å²) in [5, 5.41) is 3.03. The number of amides is 1. The number of likely N-dealkylation sites (N-methyl/N-ethyl adjacent to an activating group) is 1. The van der Waals surface area contributed by atoms with Crippen LogP contribution in [-0.4, -0.2) is 69.4 Å². The van der Waals surface area contributed by atoms with Crippen molar-refractivity contribution in [2.75, 3.05) is 40.9 Å². The monoisotopic (exact) mass is 1120 g/mol. The Balaban J connectivity index is 5.20. The number of ether oxygens (including phenoxy) is 1. The largest absolute Gasteiger partial charge is 0.756 e. The van der Waals surface area contributed by atoms with Crippen molar-refractivity contribution in [1.29, 1.82) is 0 Å². The topological polar surface area (TPSA) is 114 Å². The molecule has 3 unspecified atom stereocenters. The van der Waals surface area contributed by atoms with Crippen LogP contribution in [0.3, 0.4) is 0 Å². The molecule has 0 bridgehead atoms. The molecule has 0 radical (unpaired) electrons. The van der Waals surface area contributed by atoms with Gasteiger partial charge >= 0.3 is 5.97 Å². The van der Waals surface area contributed by atoms with Crippen LogP contribution in [-0.2, 0) is 27.9 Å². The number of carbonyl (C=O) groups is 2. The number of carbonyl (C=O) groups excluding carboxylic acids is 2. The van der Waals surface area contributed by atoms with E-state index in [0.29, 0.717) is 23.9 Å². The third-order valence-electron chi connectivity index (χ3n) is 13.8. The first-order valence-corrected chi connectivity index (χ1v) is 33.7. The number of allylic oxidation sites excluding steroid dienone is 17. The maximum Gasteiger partial charge on any atom is 0.306 e. The maximum atomic E-state index is 13.6. The Kier molecular flexibility index (Phi) is 55.4. The lowest BCUT2D eigenvalue weighted by Crippen LogP contribution is -2.47. The molecule has 79 heavy (non-hydrogen) atoms. The van der Waals surface area contributed by atoms with Crippen molar-refractivity contribution >= 4 is 19.7 Å². The molecule has 1 amide bonds. The highest BCUT2D eigenvalue weighted by molar-refractivity contribution is 7.45. The minimum absolute atomic E-state index is 0.0308. The van der Waals surface area contributed by atoms with Crippen LogP contribution in [0.1, 0.15) is 265 Å². The first-order chi connectivity index (χ1) is 38.4. The van der Waals surface area contributed by atoms with Gasteiger partial charge in [0.25, 0.3) is 7.82 Å². The Morgan fingerprint density at radius 2 is 0.873 bits per heavy atom. The van der Waals surface area contributed by atoms with Gasteiger partial charge in [0.2, 0.25) is 5.91 Å². The van der Waals surface area contributed by atoms with Gasteiger partial charge in [0.15, 0.2) is 0 Å². The number of esters is 1. The van der Waals surface area contributed by atoms with Crippen LogP contribution in [0.15, 0.2) is 109 Å². The number of phosphoric ester groups is 1. The molecule has 0 spiro atoms. The van der Waals surface area contributed by atoms with E-state index < -0.39 is 26.6 Å². The number of nitrogens with one attached hydrogen (secondary N) is 1. The third-order valence-corrected chi connectivity index (χ3v) is 14.7. The molecule has 0 aromatic rings. The van der Waals surface area contributed by atoms with Crippen molar-refractivity contribution < 1.29 is 37.3 Å². The molecule has 0 heterocycles. The minimum Gasteiger partial charge on any atom is -0.756 e. The molecule has 0 rings (SSSR count). The van der Waals surface area contributed by atoms with Gasteiger partial charge in [0.05, 0.1) is 33.8 Å². The molecule has 0 aromatic carbocycles. The first-order valence-electron chi connectivity index (χ1n) is 32.2. The van der Waals surface area contributed by atoms with Crippen LogP contribution in [0.25, 0.3) is 0 Å². The summed E-state index contributed by atoms with van der Waals surface area (Å²) in [6, 6.07) is -0.904. The summed E-state index contributed by atoms with van der Waals surface area (Å²) in [5.74, 6) is -0.565. The van der Waals surface area contributed by atoms with Gasteiger partial charge < -0.3 is 28.5 Å². The van der Waals surface area contributed by atoms with Crippen LogP contribution < -0.4 is 10.2 Å². The number of rotatable bonds is 57. The van der Waals surface area contributed by atoms with Gasteiger partial charge in [-0.25, -0.2) is 0 Å². The van der Waals surface area contributed by atoms with E-state index in [4.69, 9.17) is 13.8 Å². The van der Waals surface area contributed by atoms with E-state index in [-0.39, 0.29) is 24.9 Å². The number of unbranched alkanes of at least 4 members (excludes halogenated alkanes) is 27. The summed E-state index contributed by atoms with van der Waals surface area (Å²) in [5.41, 5.74) is 0. The van der Waals surface area contributed by atoms with Crippen molar-refractivity contribution in [1.82, 2.24) is 5.32 Å². The maximum absolute atomic E-state index is 13.6. The molecule has 9 nitrogen and oxygen atoms in total. The van der Waals surface area contributed by atoms with E-state index in [9.17, 15) is 19.0 Å². The summed E-state index contributed by atoms with van der Waals surface area (Å²) in [6.45, 7) is 6.59. The second kappa shape index (κ2) is 57.9. The lowest BCUT2D eigenvalue weighted by atomic mass is 10.0. The highest BCUT2D eigenvalue weighted by Gasteiger charge is 2.27. The zero-order valence-corrected chi connectivity index (χ0v) is 52.7. The molecule has 0 fully saturated rings. The summed E-state index contributed by atoms with van der Waals surface area (Å²) in [7, 11) is 1.16. The Morgan fingerprint density at radius 3 is 1.35 bits per heavy atom. The average molecular weight is 1120 g/mol. The molecule has 1 N–H and O–H groups in total. The molecule has 0 aliphatic heterocycles. The second-order valence-electron chi connectivity index (χ2n) is 22.6. The number of hydrogen-bond acceptors (Lipinski definition) is 7. The van der Waals surface area contributed by atoms with E-state index in [2.05, 4.69) is 123 Å². The number of phosphoric acid groups is 1. The normalized spacial score (nSPS) is 14.4. The van der Waals surface area contributed by atoms with Crippen LogP contribution in [0.5, 0.6) is 0 Å². The standard InChI is InChI=1S/C69H121N2O7P/c1-7-10-13-16-19-22-25-28-30-31-32-33-34-35-36-37-38-39-41-43-46-49-52-55-58-61-68(72)70-66(65-77-79(74,75)76-64-63-71(4,5)6)67(60-57-54-51-48-45-42-27-24-21-18-15-12-9-3)78-69(73)62-59-56-53-50-47-44-40-29-26-23-20-17-14-11-8-2/h10-11,13-14,17,19-20,22-23,26,28,30,32-33,35-36,57,60,66-67H,7-9,12,15-16,18,21,24-25,27,29,31,34,37-56,58-59,61-65H2,1-6H3,(H-,70,72,74,75)/b13-10-,14-11+,20-17+,22-19-,26-23+,30-28-,33-32-,36-35-,60-57-. The van der Waals surface area contributed by atoms with Crippen molar-refractivity contribution in [3.8, 4) is 0 Å². The highest BCUT2D eigenvalue weighted by Crippen LogP contribution is 2.38. The third kappa shape index (κ3) is 59.1. The fourth-order valence-corrected chi connectivity index (χ4v) is 9.57. The molecule has 0 aliphatic carbocycles. The van der Waals surface area contributed by atoms with E-state index in [1.807, 2.05) is 33.3 Å². The molecule has 10 heteroatoms. The van der Waals surface area contributed by atoms with E-state index >= 15 is 0 Å². The van der Waals surface area contributed by atoms with Crippen LogP contribution in [0.2, 0.25) is 0 Å². The molecular weight excluding hydrogens is 1000 g/mol. The van der Waals surface area contributed by atoms with Crippen molar-refractivity contribution in [2.45, 2.75) is 277 Å². The number of hydrogen-bond donors (Lipinski definition) is 1. The molecule has 0 aliphatic rings. The van der Waals surface area contributed by atoms with E-state index in [1.54, 1.807) is 0 Å². The fraction of sp³-hybridized carbons (Fsp3) is 0.710. The summed E-state index contributed by atoms with van der Waals surface area (Å²) in [6.07, 6.45) is 79.1. The first kappa shape index (κ1) is 75.7. The van der Waals surface area contributed by atoms with Gasteiger partial charge in [0, 0.05) is 12.8 Å². The predicted octanol–water partition coefficient (Wildman–Crippen LogP) is 19.5. The Morgan fingerprint density at radius 1 is 0.468 bits per heavy atom. The van der Waals surface area contributed by atoms with Crippen LogP contribution in [0, 0.1) is 0 Å². The summed E-state index contributed by atoms with van der Waals surface area (Å²) in [4.78, 5) is 40.1. The SMILES string of the molecule is CC/C=C\C/C=C\C/C=C\C/C=C\C/C=C\CCCCCCCCCCCC(=O)NC(COP(=O)([O-])OCC[N+](C)(C)C)C(/C=C\CCCCCCCCCCCCC)OC(=O)CCCCCCCCC/C=C/C=C/C=C/CC. The van der Waals surface area contributed by atoms with Crippen LogP contribution >= 0.6 is 7.82 Å². The van der Waals surface area contributed by atoms with Gasteiger partial charge in [-0.1, -0.05) is 265 Å². The minimum atomic E-state index is -4.71. The van der Waals surface area contributed by atoms with Gasteiger partial charge in [-0.05, 0) is 96.0 Å². The second-order valence-corrected chi connectivity index (χ2v) is 24.0. The quantitative estimate of drug-likeness (QED) is 0.0161. The lowest BCUT2D eigenvalue weighted by Gasteiger charge is -2.30. The lowest BCUT2D eigenvalue weighted by molar-refractivity contribution is -0.870. The van der Waals surface area contributed by atoms with Gasteiger partial charge in [-0.15, -0.1) is 0 Å². The van der Waals surface area contributed by atoms with E-state index in [1.165, 1.54) is 109 Å². The molecular formula is C69H121N2O7P. The Hall–Kier alpha value is -3.33. The number of nitrogens with zero attached hydrogens (tertiary/aromatic N) is 1. The number of quaternary nitrogens is 1. The highest BCUT2D eigenvalue weighted by atomic mass is 31.2.